The van der Waals surface area contributed by atoms with Crippen molar-refractivity contribution < 1.29 is 19.4 Å². The number of aromatic carboxylic acids is 1. The van der Waals surface area contributed by atoms with E-state index in [1.54, 1.807) is 14.0 Å². The molecule has 1 atom stereocenters. The Labute approximate surface area is 92.2 Å². The number of hydrogen-bond donors (Lipinski definition) is 2. The van der Waals surface area contributed by atoms with Gasteiger partial charge in [0.1, 0.15) is 17.2 Å². The number of carboxylic acids is 1. The molecule has 0 aliphatic carbocycles. The highest BCUT2D eigenvalue weighted by atomic mass is 19.1. The first kappa shape index (κ1) is 12.4. The molecule has 0 bridgehead atoms. The van der Waals surface area contributed by atoms with Crippen LogP contribution in [0, 0.1) is 5.82 Å². The molecule has 1 aromatic rings. The Hall–Kier alpha value is -1.69. The molecule has 88 valence electrons. The molecule has 6 heteroatoms. The number of carboxylic acid groups (broad SMARTS) is 1. The van der Waals surface area contributed by atoms with Gasteiger partial charge in [-0.05, 0) is 13.0 Å². The molecule has 0 amide bonds. The topological polar surface area (TPSA) is 73.7 Å². The summed E-state index contributed by atoms with van der Waals surface area (Å²) < 4.78 is 12.9. The maximum atomic E-state index is 12.9. The first-order chi connectivity index (χ1) is 7.47. The van der Waals surface area contributed by atoms with Gasteiger partial charge in [-0.15, -0.1) is 0 Å². The number of halogens is 1. The van der Waals surface area contributed by atoms with Crippen molar-refractivity contribution in [3.63, 3.8) is 0 Å². The molecule has 0 aliphatic rings. The van der Waals surface area contributed by atoms with E-state index in [1.165, 1.54) is 4.90 Å². The van der Waals surface area contributed by atoms with Gasteiger partial charge in [0.2, 0.25) is 0 Å². The zero-order valence-corrected chi connectivity index (χ0v) is 9.01. The number of aromatic nitrogens is 1. The van der Waals surface area contributed by atoms with Gasteiger partial charge in [0, 0.05) is 7.05 Å². The molecule has 1 rings (SSSR count). The van der Waals surface area contributed by atoms with Crippen LogP contribution < -0.4 is 4.90 Å². The minimum absolute atomic E-state index is 0.135. The summed E-state index contributed by atoms with van der Waals surface area (Å²) >= 11 is 0. The lowest BCUT2D eigenvalue weighted by Gasteiger charge is -2.25. The Morgan fingerprint density at radius 1 is 1.69 bits per heavy atom. The zero-order chi connectivity index (χ0) is 12.3. The second kappa shape index (κ2) is 4.89. The van der Waals surface area contributed by atoms with Gasteiger partial charge in [-0.2, -0.15) is 0 Å². The highest BCUT2D eigenvalue weighted by Gasteiger charge is 2.19. The van der Waals surface area contributed by atoms with Crippen LogP contribution in [0.1, 0.15) is 17.3 Å². The molecule has 1 aromatic heterocycles. The Morgan fingerprint density at radius 2 is 2.31 bits per heavy atom. The summed E-state index contributed by atoms with van der Waals surface area (Å²) in [4.78, 5) is 16.1. The number of carbonyl (C=O) groups is 1. The largest absolute Gasteiger partial charge is 0.478 e. The Kier molecular flexibility index (Phi) is 3.78. The summed E-state index contributed by atoms with van der Waals surface area (Å²) in [6.45, 7) is 1.56. The van der Waals surface area contributed by atoms with Crippen molar-refractivity contribution in [2.75, 3.05) is 18.6 Å². The molecule has 2 N–H and O–H groups in total. The second-order valence-corrected chi connectivity index (χ2v) is 3.47. The van der Waals surface area contributed by atoms with E-state index in [2.05, 4.69) is 4.98 Å². The van der Waals surface area contributed by atoms with Crippen molar-refractivity contribution in [1.82, 2.24) is 4.98 Å². The predicted molar refractivity (Wildman–Crippen MR) is 56.1 cm³/mol. The number of aliphatic hydroxyl groups is 1. The molecule has 1 unspecified atom stereocenters. The highest BCUT2D eigenvalue weighted by molar-refractivity contribution is 5.93. The molecule has 16 heavy (non-hydrogen) atoms. The van der Waals surface area contributed by atoms with Crippen molar-refractivity contribution in [3.8, 4) is 0 Å². The Bertz CT molecular complexity index is 398. The number of aliphatic hydroxyl groups excluding tert-OH is 1. The maximum Gasteiger partial charge on any atom is 0.339 e. The molecule has 0 aromatic carbocycles. The summed E-state index contributed by atoms with van der Waals surface area (Å²) in [5.41, 5.74) is -0.220. The van der Waals surface area contributed by atoms with Crippen molar-refractivity contribution >= 4 is 11.8 Å². The molecule has 0 fully saturated rings. The van der Waals surface area contributed by atoms with Gasteiger partial charge >= 0.3 is 5.97 Å². The van der Waals surface area contributed by atoms with Gasteiger partial charge in [0.15, 0.2) is 0 Å². The lowest BCUT2D eigenvalue weighted by Crippen LogP contribution is -2.33. The smallest absolute Gasteiger partial charge is 0.339 e. The first-order valence-corrected chi connectivity index (χ1v) is 4.70. The van der Waals surface area contributed by atoms with Crippen molar-refractivity contribution in [2.45, 2.75) is 13.0 Å². The fourth-order valence-electron chi connectivity index (χ4n) is 1.20. The fourth-order valence-corrected chi connectivity index (χ4v) is 1.20. The summed E-state index contributed by atoms with van der Waals surface area (Å²) in [6, 6.07) is 0.613. The van der Waals surface area contributed by atoms with Crippen molar-refractivity contribution in [2.24, 2.45) is 0 Å². The van der Waals surface area contributed by atoms with Crippen LogP contribution in [0.2, 0.25) is 0 Å². The fraction of sp³-hybridized carbons (Fsp3) is 0.400. The van der Waals surface area contributed by atoms with Gasteiger partial charge in [0.05, 0.1) is 18.8 Å². The van der Waals surface area contributed by atoms with Crippen LogP contribution in [0.5, 0.6) is 0 Å². The minimum atomic E-state index is -1.25. The molecule has 0 saturated heterocycles. The summed E-state index contributed by atoms with van der Waals surface area (Å²) in [7, 11) is 1.59. The van der Waals surface area contributed by atoms with Crippen LogP contribution in [-0.2, 0) is 0 Å². The first-order valence-electron chi connectivity index (χ1n) is 4.70. The van der Waals surface area contributed by atoms with Crippen molar-refractivity contribution in [1.29, 1.82) is 0 Å². The van der Waals surface area contributed by atoms with E-state index in [0.29, 0.717) is 0 Å². The van der Waals surface area contributed by atoms with Crippen molar-refractivity contribution in [3.05, 3.63) is 23.6 Å². The van der Waals surface area contributed by atoms with E-state index in [1.807, 2.05) is 0 Å². The van der Waals surface area contributed by atoms with Crippen LogP contribution in [0.15, 0.2) is 12.3 Å². The molecule has 5 nitrogen and oxygen atoms in total. The molecule has 0 aliphatic heterocycles. The molecule has 1 heterocycles. The SMILES string of the molecule is CC(CO)N(C)c1ncc(F)cc1C(=O)O. The normalized spacial score (nSPS) is 12.2. The van der Waals surface area contributed by atoms with Gasteiger partial charge in [0.25, 0.3) is 0 Å². The van der Waals surface area contributed by atoms with Crippen LogP contribution in [0.25, 0.3) is 0 Å². The quantitative estimate of drug-likeness (QED) is 0.795. The van der Waals surface area contributed by atoms with E-state index in [4.69, 9.17) is 10.2 Å². The van der Waals surface area contributed by atoms with Crippen LogP contribution in [0.4, 0.5) is 10.2 Å². The maximum absolute atomic E-state index is 12.9. The monoisotopic (exact) mass is 228 g/mol. The van der Waals surface area contributed by atoms with Gasteiger partial charge < -0.3 is 15.1 Å². The summed E-state index contributed by atoms with van der Waals surface area (Å²) in [5, 5.41) is 17.9. The number of anilines is 1. The molecular formula is C10H13FN2O3. The number of nitrogens with zero attached hydrogens (tertiary/aromatic N) is 2. The third-order valence-electron chi connectivity index (χ3n) is 2.32. The molecule has 0 saturated carbocycles. The van der Waals surface area contributed by atoms with E-state index in [0.717, 1.165) is 12.3 Å². The average Bonchev–Trinajstić information content (AvgIpc) is 2.26. The lowest BCUT2D eigenvalue weighted by molar-refractivity contribution is 0.0696. The van der Waals surface area contributed by atoms with Crippen LogP contribution >= 0.6 is 0 Å². The zero-order valence-electron chi connectivity index (χ0n) is 9.01. The van der Waals surface area contributed by atoms with Gasteiger partial charge in [-0.1, -0.05) is 0 Å². The molecule has 0 radical (unpaired) electrons. The van der Waals surface area contributed by atoms with E-state index >= 15 is 0 Å². The standard InChI is InChI=1S/C10H13FN2O3/c1-6(5-14)13(2)9-8(10(15)16)3-7(11)4-12-9/h3-4,6,14H,5H2,1-2H3,(H,15,16). The summed E-state index contributed by atoms with van der Waals surface area (Å²) in [5.74, 6) is -1.82. The molecule has 0 spiro atoms. The third-order valence-corrected chi connectivity index (χ3v) is 2.32. The second-order valence-electron chi connectivity index (χ2n) is 3.47. The van der Waals surface area contributed by atoms with Crippen LogP contribution in [0.3, 0.4) is 0 Å². The Balaban J connectivity index is 3.17. The highest BCUT2D eigenvalue weighted by Crippen LogP contribution is 2.19. The predicted octanol–water partition coefficient (Wildman–Crippen LogP) is 0.736. The van der Waals surface area contributed by atoms with E-state index in [-0.39, 0.29) is 24.0 Å². The average molecular weight is 228 g/mol. The third kappa shape index (κ3) is 2.46. The number of rotatable bonds is 4. The van der Waals surface area contributed by atoms with Crippen LogP contribution in [-0.4, -0.2) is 40.9 Å². The Morgan fingerprint density at radius 3 is 2.81 bits per heavy atom. The number of likely N-dealkylation sites (N-methyl/N-ethyl adjacent to an activating group) is 1. The van der Waals surface area contributed by atoms with Gasteiger partial charge in [-0.3, -0.25) is 0 Å². The van der Waals surface area contributed by atoms with E-state index in [9.17, 15) is 9.18 Å². The van der Waals surface area contributed by atoms with E-state index < -0.39 is 11.8 Å². The minimum Gasteiger partial charge on any atom is -0.478 e. The number of pyridine rings is 1. The molecular weight excluding hydrogens is 215 g/mol. The van der Waals surface area contributed by atoms with Gasteiger partial charge in [-0.25, -0.2) is 14.2 Å². The number of hydrogen-bond acceptors (Lipinski definition) is 4. The summed E-state index contributed by atoms with van der Waals surface area (Å²) in [6.07, 6.45) is 0.947. The lowest BCUT2D eigenvalue weighted by atomic mass is 10.2.